The molecule has 0 unspecified atom stereocenters. The van der Waals surface area contributed by atoms with Crippen molar-refractivity contribution in [3.05, 3.63) is 59.7 Å². The molecule has 0 amide bonds. The van der Waals surface area contributed by atoms with Crippen molar-refractivity contribution < 1.29 is 14.3 Å². The number of ether oxygens (including phenoxy) is 2. The molecule has 120 valence electrons. The van der Waals surface area contributed by atoms with Crippen molar-refractivity contribution in [1.29, 1.82) is 0 Å². The summed E-state index contributed by atoms with van der Waals surface area (Å²) < 4.78 is 12.2. The minimum atomic E-state index is -1.38. The van der Waals surface area contributed by atoms with E-state index in [9.17, 15) is 4.79 Å². The van der Waals surface area contributed by atoms with Gasteiger partial charge in [0.25, 0.3) is 5.79 Å². The number of hydrogen-bond donors (Lipinski definition) is 0. The molecule has 0 saturated heterocycles. The maximum atomic E-state index is 13.3. The highest BCUT2D eigenvalue weighted by molar-refractivity contribution is 6.11. The van der Waals surface area contributed by atoms with Crippen LogP contribution in [0.15, 0.2) is 48.5 Å². The average Bonchev–Trinajstić information content (AvgIpc) is 2.51. The van der Waals surface area contributed by atoms with Crippen LogP contribution in [0.25, 0.3) is 11.1 Å². The summed E-state index contributed by atoms with van der Waals surface area (Å²) in [4.78, 5) is 13.3. The number of carbonyl (C=O) groups excluding carboxylic acids is 1. The predicted molar refractivity (Wildman–Crippen MR) is 90.3 cm³/mol. The van der Waals surface area contributed by atoms with E-state index in [4.69, 9.17) is 9.47 Å². The molecule has 0 N–H and O–H groups in total. The maximum absolute atomic E-state index is 13.3. The van der Waals surface area contributed by atoms with Crippen LogP contribution >= 0.6 is 0 Å². The number of rotatable bonds is 4. The van der Waals surface area contributed by atoms with Gasteiger partial charge in [0.15, 0.2) is 0 Å². The van der Waals surface area contributed by atoms with Gasteiger partial charge >= 0.3 is 0 Å². The van der Waals surface area contributed by atoms with Crippen LogP contribution in [0.2, 0.25) is 0 Å². The molecule has 0 bridgehead atoms. The Labute approximate surface area is 137 Å². The first kappa shape index (κ1) is 15.9. The second kappa shape index (κ2) is 5.91. The molecule has 3 rings (SSSR count). The van der Waals surface area contributed by atoms with E-state index in [1.165, 1.54) is 0 Å². The van der Waals surface area contributed by atoms with Crippen LogP contribution in [0.3, 0.4) is 0 Å². The number of carbonyl (C=O) groups is 1. The summed E-state index contributed by atoms with van der Waals surface area (Å²) in [7, 11) is 0. The number of hydrogen-bond acceptors (Lipinski definition) is 3. The number of benzene rings is 2. The van der Waals surface area contributed by atoms with E-state index in [-0.39, 0.29) is 18.0 Å². The second-order valence-electron chi connectivity index (χ2n) is 6.37. The molecule has 0 spiro atoms. The minimum Gasteiger partial charge on any atom is -0.337 e. The van der Waals surface area contributed by atoms with Gasteiger partial charge in [0.2, 0.25) is 5.78 Å². The van der Waals surface area contributed by atoms with Crippen molar-refractivity contribution in [2.45, 2.75) is 45.7 Å². The van der Waals surface area contributed by atoms with Crippen molar-refractivity contribution in [2.75, 3.05) is 0 Å². The van der Waals surface area contributed by atoms with E-state index < -0.39 is 5.79 Å². The van der Waals surface area contributed by atoms with Crippen LogP contribution in [0.5, 0.6) is 0 Å². The molecule has 0 radical (unpaired) electrons. The molecular weight excluding hydrogens is 288 g/mol. The molecular formula is C20H22O3. The lowest BCUT2D eigenvalue weighted by Crippen LogP contribution is -2.47. The highest BCUT2D eigenvalue weighted by Gasteiger charge is 2.50. The summed E-state index contributed by atoms with van der Waals surface area (Å²) in [6, 6.07) is 15.5. The van der Waals surface area contributed by atoms with Gasteiger partial charge in [0.05, 0.1) is 12.2 Å². The summed E-state index contributed by atoms with van der Waals surface area (Å²) in [6.45, 7) is 7.67. The lowest BCUT2D eigenvalue weighted by atomic mass is 9.80. The Balaban J connectivity index is 2.30. The lowest BCUT2D eigenvalue weighted by Gasteiger charge is -2.40. The molecule has 1 aliphatic rings. The van der Waals surface area contributed by atoms with Gasteiger partial charge in [-0.2, -0.15) is 0 Å². The number of Topliss-reactive ketones (excluding diaryl/α,β-unsaturated/α-hetero) is 1. The van der Waals surface area contributed by atoms with E-state index in [1.807, 2.05) is 76.2 Å². The largest absolute Gasteiger partial charge is 0.337 e. The number of ketones is 1. The summed E-state index contributed by atoms with van der Waals surface area (Å²) in [6.07, 6.45) is -0.285. The Bertz CT molecular complexity index is 721. The Kier molecular flexibility index (Phi) is 4.09. The molecule has 23 heavy (non-hydrogen) atoms. The topological polar surface area (TPSA) is 35.5 Å². The minimum absolute atomic E-state index is 0.130. The summed E-state index contributed by atoms with van der Waals surface area (Å²) in [5, 5.41) is 0. The van der Waals surface area contributed by atoms with Gasteiger partial charge < -0.3 is 9.47 Å². The molecule has 0 aliphatic heterocycles. The van der Waals surface area contributed by atoms with Gasteiger partial charge in [0, 0.05) is 11.1 Å². The number of fused-ring (bicyclic) bond motifs is 3. The van der Waals surface area contributed by atoms with E-state index in [1.54, 1.807) is 0 Å². The molecule has 1 aliphatic carbocycles. The normalized spacial score (nSPS) is 15.7. The van der Waals surface area contributed by atoms with Crippen molar-refractivity contribution in [1.82, 2.24) is 0 Å². The van der Waals surface area contributed by atoms with E-state index in [0.29, 0.717) is 5.56 Å². The monoisotopic (exact) mass is 310 g/mol. The molecule has 0 aromatic heterocycles. The lowest BCUT2D eigenvalue weighted by molar-refractivity contribution is -0.242. The van der Waals surface area contributed by atoms with Gasteiger partial charge in [-0.25, -0.2) is 0 Å². The van der Waals surface area contributed by atoms with Crippen LogP contribution in [0.1, 0.15) is 43.6 Å². The maximum Gasteiger partial charge on any atom is 0.262 e. The molecule has 0 fully saturated rings. The highest BCUT2D eigenvalue weighted by atomic mass is 16.7. The third-order valence-corrected chi connectivity index (χ3v) is 3.85. The van der Waals surface area contributed by atoms with Crippen molar-refractivity contribution in [2.24, 2.45) is 0 Å². The van der Waals surface area contributed by atoms with Crippen LogP contribution in [0.4, 0.5) is 0 Å². The second-order valence-corrected chi connectivity index (χ2v) is 6.37. The van der Waals surface area contributed by atoms with Crippen molar-refractivity contribution in [3.63, 3.8) is 0 Å². The molecule has 2 aromatic carbocycles. The Hall–Kier alpha value is -1.97. The molecule has 0 atom stereocenters. The summed E-state index contributed by atoms with van der Waals surface area (Å²) >= 11 is 0. The predicted octanol–water partition coefficient (Wildman–Crippen LogP) is 4.55. The van der Waals surface area contributed by atoms with Gasteiger partial charge in [-0.1, -0.05) is 48.5 Å². The summed E-state index contributed by atoms with van der Waals surface area (Å²) in [5.41, 5.74) is 3.35. The van der Waals surface area contributed by atoms with Crippen molar-refractivity contribution >= 4 is 5.78 Å². The first-order valence-corrected chi connectivity index (χ1v) is 8.05. The zero-order valence-corrected chi connectivity index (χ0v) is 14.0. The van der Waals surface area contributed by atoms with Crippen LogP contribution in [-0.2, 0) is 15.3 Å². The zero-order chi connectivity index (χ0) is 16.6. The quantitative estimate of drug-likeness (QED) is 0.777. The van der Waals surface area contributed by atoms with Crippen molar-refractivity contribution in [3.8, 4) is 11.1 Å². The van der Waals surface area contributed by atoms with E-state index >= 15 is 0 Å². The smallest absolute Gasteiger partial charge is 0.262 e. The molecule has 0 saturated carbocycles. The highest BCUT2D eigenvalue weighted by Crippen LogP contribution is 2.45. The fourth-order valence-corrected chi connectivity index (χ4v) is 3.15. The van der Waals surface area contributed by atoms with Gasteiger partial charge in [-0.3, -0.25) is 4.79 Å². The Morgan fingerprint density at radius 2 is 1.22 bits per heavy atom. The standard InChI is InChI=1S/C20H22O3/c1-13(2)22-20(23-14(3)4)18-12-8-7-10-16(18)15-9-5-6-11-17(15)19(20)21/h5-14H,1-4H3. The third kappa shape index (κ3) is 2.60. The molecule has 3 nitrogen and oxygen atoms in total. The van der Waals surface area contributed by atoms with Crippen LogP contribution in [-0.4, -0.2) is 18.0 Å². The van der Waals surface area contributed by atoms with Gasteiger partial charge in [-0.15, -0.1) is 0 Å². The zero-order valence-electron chi connectivity index (χ0n) is 14.0. The fraction of sp³-hybridized carbons (Fsp3) is 0.350. The first-order valence-electron chi connectivity index (χ1n) is 8.05. The third-order valence-electron chi connectivity index (χ3n) is 3.85. The first-order chi connectivity index (χ1) is 11.0. The molecule has 0 heterocycles. The van der Waals surface area contributed by atoms with Crippen LogP contribution < -0.4 is 0 Å². The van der Waals surface area contributed by atoms with E-state index in [2.05, 4.69) is 0 Å². The summed E-state index contributed by atoms with van der Waals surface area (Å²) in [5.74, 6) is -1.51. The van der Waals surface area contributed by atoms with Gasteiger partial charge in [-0.05, 0) is 38.8 Å². The Morgan fingerprint density at radius 3 is 1.78 bits per heavy atom. The Morgan fingerprint density at radius 1 is 0.739 bits per heavy atom. The molecule has 3 heteroatoms. The van der Waals surface area contributed by atoms with Crippen LogP contribution in [0, 0.1) is 0 Å². The SMILES string of the molecule is CC(C)OC1(OC(C)C)C(=O)c2ccccc2-c2ccccc21. The molecule has 2 aromatic rings. The fourth-order valence-electron chi connectivity index (χ4n) is 3.15. The van der Waals surface area contributed by atoms with E-state index in [0.717, 1.165) is 16.7 Å². The average molecular weight is 310 g/mol. The van der Waals surface area contributed by atoms with Gasteiger partial charge in [0.1, 0.15) is 0 Å².